The van der Waals surface area contributed by atoms with Gasteiger partial charge in [-0.3, -0.25) is 9.48 Å². The fourth-order valence-electron chi connectivity index (χ4n) is 2.83. The molecule has 2 heterocycles. The van der Waals surface area contributed by atoms with Gasteiger partial charge < -0.3 is 15.2 Å². The quantitative estimate of drug-likeness (QED) is 0.875. The lowest BCUT2D eigenvalue weighted by atomic mass is 10.0. The standard InChI is InChI=1S/C17H20FN3O3/c1-2-21-9-13(8-19-21)16-15(5-6-24-16)20-17(23)11-3-4-12(10-22)14(18)7-11/h3-4,7-9,15-16,22H,2,5-6,10H2,1H3,(H,20,23)/t15-,16+/m0/s1. The smallest absolute Gasteiger partial charge is 0.251 e. The molecule has 2 atom stereocenters. The third kappa shape index (κ3) is 3.32. The molecule has 1 aliphatic heterocycles. The Morgan fingerprint density at radius 2 is 2.38 bits per heavy atom. The summed E-state index contributed by atoms with van der Waals surface area (Å²) in [5, 5.41) is 16.1. The monoisotopic (exact) mass is 333 g/mol. The summed E-state index contributed by atoms with van der Waals surface area (Å²) in [6.07, 6.45) is 4.08. The van der Waals surface area contributed by atoms with Gasteiger partial charge in [0.2, 0.25) is 0 Å². The third-order valence-corrected chi connectivity index (χ3v) is 4.20. The molecule has 2 aromatic rings. The molecular weight excluding hydrogens is 313 g/mol. The molecule has 128 valence electrons. The van der Waals surface area contributed by atoms with E-state index in [2.05, 4.69) is 10.4 Å². The maximum Gasteiger partial charge on any atom is 0.251 e. The summed E-state index contributed by atoms with van der Waals surface area (Å²) < 4.78 is 21.3. The first-order valence-corrected chi connectivity index (χ1v) is 7.96. The average molecular weight is 333 g/mol. The highest BCUT2D eigenvalue weighted by atomic mass is 19.1. The number of amides is 1. The second-order valence-electron chi connectivity index (χ2n) is 5.75. The number of aromatic nitrogens is 2. The van der Waals surface area contributed by atoms with Crippen molar-refractivity contribution in [2.75, 3.05) is 6.61 Å². The van der Waals surface area contributed by atoms with E-state index in [1.54, 1.807) is 10.9 Å². The van der Waals surface area contributed by atoms with Crippen molar-refractivity contribution in [3.8, 4) is 0 Å². The van der Waals surface area contributed by atoms with Gasteiger partial charge in [0.25, 0.3) is 5.91 Å². The molecule has 0 saturated carbocycles. The Labute approximate surface area is 139 Å². The Bertz CT molecular complexity index is 732. The van der Waals surface area contributed by atoms with Crippen LogP contribution in [0.4, 0.5) is 4.39 Å². The molecule has 1 aromatic carbocycles. The molecule has 1 fully saturated rings. The highest BCUT2D eigenvalue weighted by Gasteiger charge is 2.32. The lowest BCUT2D eigenvalue weighted by Gasteiger charge is -2.19. The summed E-state index contributed by atoms with van der Waals surface area (Å²) >= 11 is 0. The zero-order chi connectivity index (χ0) is 17.1. The number of rotatable bonds is 5. The first-order chi connectivity index (χ1) is 11.6. The summed E-state index contributed by atoms with van der Waals surface area (Å²) in [5.41, 5.74) is 1.31. The van der Waals surface area contributed by atoms with Crippen LogP contribution in [0.1, 0.15) is 40.9 Å². The van der Waals surface area contributed by atoms with Crippen LogP contribution in [-0.2, 0) is 17.9 Å². The summed E-state index contributed by atoms with van der Waals surface area (Å²) in [5.74, 6) is -0.949. The molecule has 0 bridgehead atoms. The lowest BCUT2D eigenvalue weighted by molar-refractivity contribution is 0.0821. The number of aliphatic hydroxyl groups is 1. The number of hydrogen-bond acceptors (Lipinski definition) is 4. The third-order valence-electron chi connectivity index (χ3n) is 4.20. The van der Waals surface area contributed by atoms with Gasteiger partial charge >= 0.3 is 0 Å². The highest BCUT2D eigenvalue weighted by molar-refractivity contribution is 5.94. The Hall–Kier alpha value is -2.25. The van der Waals surface area contributed by atoms with Crippen LogP contribution >= 0.6 is 0 Å². The number of carbonyl (C=O) groups is 1. The molecule has 7 heteroatoms. The summed E-state index contributed by atoms with van der Waals surface area (Å²) in [4.78, 5) is 12.4. The first-order valence-electron chi connectivity index (χ1n) is 7.96. The molecule has 1 saturated heterocycles. The maximum atomic E-state index is 13.7. The van der Waals surface area contributed by atoms with E-state index in [0.717, 1.165) is 18.2 Å². The van der Waals surface area contributed by atoms with Gasteiger partial charge in [-0.25, -0.2) is 4.39 Å². The van der Waals surface area contributed by atoms with Crippen LogP contribution in [0, 0.1) is 5.82 Å². The van der Waals surface area contributed by atoms with Gasteiger partial charge in [0.15, 0.2) is 0 Å². The van der Waals surface area contributed by atoms with Crippen molar-refractivity contribution >= 4 is 5.91 Å². The minimum atomic E-state index is -0.589. The molecule has 0 spiro atoms. The van der Waals surface area contributed by atoms with Crippen LogP contribution in [0.3, 0.4) is 0 Å². The molecule has 0 radical (unpaired) electrons. The number of ether oxygens (including phenoxy) is 1. The van der Waals surface area contributed by atoms with Crippen LogP contribution in [0.5, 0.6) is 0 Å². The molecule has 24 heavy (non-hydrogen) atoms. The molecule has 0 unspecified atom stereocenters. The van der Waals surface area contributed by atoms with Crippen molar-refractivity contribution in [1.82, 2.24) is 15.1 Å². The average Bonchev–Trinajstić information content (AvgIpc) is 3.23. The Morgan fingerprint density at radius 1 is 1.54 bits per heavy atom. The zero-order valence-electron chi connectivity index (χ0n) is 13.4. The van der Waals surface area contributed by atoms with E-state index in [9.17, 15) is 9.18 Å². The fraction of sp³-hybridized carbons (Fsp3) is 0.412. The van der Waals surface area contributed by atoms with E-state index in [1.807, 2.05) is 13.1 Å². The molecule has 6 nitrogen and oxygen atoms in total. The number of nitrogens with zero attached hydrogens (tertiary/aromatic N) is 2. The van der Waals surface area contributed by atoms with Crippen LogP contribution in [0.15, 0.2) is 30.6 Å². The molecular formula is C17H20FN3O3. The van der Waals surface area contributed by atoms with Crippen LogP contribution in [0.25, 0.3) is 0 Å². The molecule has 1 aliphatic rings. The predicted molar refractivity (Wildman–Crippen MR) is 84.8 cm³/mol. The molecule has 1 amide bonds. The molecule has 1 aromatic heterocycles. The summed E-state index contributed by atoms with van der Waals surface area (Å²) in [7, 11) is 0. The van der Waals surface area contributed by atoms with Gasteiger partial charge in [-0.05, 0) is 25.5 Å². The van der Waals surface area contributed by atoms with Crippen molar-refractivity contribution in [3.05, 3.63) is 53.1 Å². The van der Waals surface area contributed by atoms with Crippen LogP contribution in [0.2, 0.25) is 0 Å². The van der Waals surface area contributed by atoms with Gasteiger partial charge in [-0.15, -0.1) is 0 Å². The number of hydrogen-bond donors (Lipinski definition) is 2. The van der Waals surface area contributed by atoms with Gasteiger partial charge in [-0.1, -0.05) is 6.07 Å². The minimum Gasteiger partial charge on any atom is -0.392 e. The van der Waals surface area contributed by atoms with Gasteiger partial charge in [-0.2, -0.15) is 5.10 Å². The number of aliphatic hydroxyl groups excluding tert-OH is 1. The number of aryl methyl sites for hydroxylation is 1. The predicted octanol–water partition coefficient (Wildman–Crippen LogP) is 1.79. The highest BCUT2D eigenvalue weighted by Crippen LogP contribution is 2.29. The SMILES string of the molecule is CCn1cc([C@H]2OCC[C@@H]2NC(=O)c2ccc(CO)c(F)c2)cn1. The number of benzene rings is 1. The fourth-order valence-corrected chi connectivity index (χ4v) is 2.83. The number of nitrogens with one attached hydrogen (secondary N) is 1. The lowest BCUT2D eigenvalue weighted by Crippen LogP contribution is -2.36. The maximum absolute atomic E-state index is 13.7. The minimum absolute atomic E-state index is 0.167. The summed E-state index contributed by atoms with van der Waals surface area (Å²) in [6.45, 7) is 2.91. The van der Waals surface area contributed by atoms with Crippen molar-refractivity contribution in [1.29, 1.82) is 0 Å². The van der Waals surface area contributed by atoms with Crippen molar-refractivity contribution in [2.45, 2.75) is 38.6 Å². The first kappa shape index (κ1) is 16.6. The molecule has 3 rings (SSSR count). The van der Waals surface area contributed by atoms with E-state index in [0.29, 0.717) is 13.0 Å². The largest absolute Gasteiger partial charge is 0.392 e. The van der Waals surface area contributed by atoms with Crippen molar-refractivity contribution in [2.24, 2.45) is 0 Å². The van der Waals surface area contributed by atoms with Gasteiger partial charge in [0.05, 0.1) is 18.8 Å². The second-order valence-corrected chi connectivity index (χ2v) is 5.75. The van der Waals surface area contributed by atoms with E-state index < -0.39 is 12.4 Å². The van der Waals surface area contributed by atoms with Crippen molar-refractivity contribution < 1.29 is 19.0 Å². The Morgan fingerprint density at radius 3 is 3.04 bits per heavy atom. The topological polar surface area (TPSA) is 76.4 Å². The van der Waals surface area contributed by atoms with E-state index in [4.69, 9.17) is 9.84 Å². The molecule has 2 N–H and O–H groups in total. The zero-order valence-corrected chi connectivity index (χ0v) is 13.4. The molecule has 0 aliphatic carbocycles. The van der Waals surface area contributed by atoms with E-state index in [1.165, 1.54) is 12.1 Å². The number of carbonyl (C=O) groups excluding carboxylic acids is 1. The van der Waals surface area contributed by atoms with E-state index >= 15 is 0 Å². The normalized spacial score (nSPS) is 20.3. The van der Waals surface area contributed by atoms with Gasteiger partial charge in [0.1, 0.15) is 11.9 Å². The Kier molecular flexibility index (Phi) is 4.92. The van der Waals surface area contributed by atoms with Crippen LogP contribution in [-0.4, -0.2) is 33.4 Å². The number of halogens is 1. The van der Waals surface area contributed by atoms with Gasteiger partial charge in [0, 0.05) is 36.0 Å². The van der Waals surface area contributed by atoms with Crippen molar-refractivity contribution in [3.63, 3.8) is 0 Å². The Balaban J connectivity index is 1.72. The van der Waals surface area contributed by atoms with Crippen LogP contribution < -0.4 is 5.32 Å². The second kappa shape index (κ2) is 7.11. The van der Waals surface area contributed by atoms with E-state index in [-0.39, 0.29) is 29.2 Å². The summed E-state index contributed by atoms with van der Waals surface area (Å²) in [6, 6.07) is 3.87.